The monoisotopic (exact) mass is 415 g/mol. The predicted molar refractivity (Wildman–Crippen MR) is 113 cm³/mol. The van der Waals surface area contributed by atoms with Crippen molar-refractivity contribution in [1.82, 2.24) is 5.32 Å². The number of amides is 1. The third kappa shape index (κ3) is 5.65. The molecule has 0 saturated carbocycles. The van der Waals surface area contributed by atoms with Gasteiger partial charge in [-0.2, -0.15) is 0 Å². The van der Waals surface area contributed by atoms with E-state index >= 15 is 0 Å². The number of benzene rings is 2. The molecule has 0 aliphatic carbocycles. The van der Waals surface area contributed by atoms with Gasteiger partial charge in [-0.15, -0.1) is 0 Å². The van der Waals surface area contributed by atoms with E-state index in [1.165, 1.54) is 40.4 Å². The van der Waals surface area contributed by atoms with Gasteiger partial charge < -0.3 is 24.3 Å². The van der Waals surface area contributed by atoms with E-state index in [1.54, 1.807) is 0 Å². The fourth-order valence-electron chi connectivity index (χ4n) is 3.07. The van der Waals surface area contributed by atoms with Crippen molar-refractivity contribution in [3.05, 3.63) is 53.6 Å². The quantitative estimate of drug-likeness (QED) is 0.598. The Kier molecular flexibility index (Phi) is 8.53. The largest absolute Gasteiger partial charge is 0.493 e. The van der Waals surface area contributed by atoms with Crippen molar-refractivity contribution in [2.24, 2.45) is 0 Å². The predicted octanol–water partition coefficient (Wildman–Crippen LogP) is 3.57. The molecule has 0 unspecified atom stereocenters. The maximum atomic E-state index is 12.6. The number of nitrogens with one attached hydrogen (secondary N) is 1. The molecule has 0 heterocycles. The fraction of sp³-hybridized carbons (Fsp3) is 0.391. The molecule has 0 aliphatic heterocycles. The number of esters is 1. The summed E-state index contributed by atoms with van der Waals surface area (Å²) in [5.41, 5.74) is 1.35. The number of rotatable bonds is 10. The van der Waals surface area contributed by atoms with Gasteiger partial charge in [0.25, 0.3) is 5.91 Å². The first-order valence-corrected chi connectivity index (χ1v) is 9.78. The minimum Gasteiger partial charge on any atom is -0.493 e. The summed E-state index contributed by atoms with van der Waals surface area (Å²) in [6, 6.07) is 12.9. The van der Waals surface area contributed by atoms with Crippen LogP contribution in [0.5, 0.6) is 17.2 Å². The van der Waals surface area contributed by atoms with Gasteiger partial charge in [-0.05, 0) is 31.0 Å². The highest BCUT2D eigenvalue weighted by Crippen LogP contribution is 2.38. The smallest absolute Gasteiger partial charge is 0.339 e. The van der Waals surface area contributed by atoms with Gasteiger partial charge in [-0.25, -0.2) is 4.79 Å². The molecule has 0 radical (unpaired) electrons. The van der Waals surface area contributed by atoms with Crippen molar-refractivity contribution in [2.75, 3.05) is 27.9 Å². The summed E-state index contributed by atoms with van der Waals surface area (Å²) in [4.78, 5) is 25.0. The lowest BCUT2D eigenvalue weighted by Crippen LogP contribution is -2.38. The Balaban J connectivity index is 2.02. The average Bonchev–Trinajstić information content (AvgIpc) is 2.78. The summed E-state index contributed by atoms with van der Waals surface area (Å²) in [5, 5.41) is 2.87. The molecule has 2 aromatic rings. The van der Waals surface area contributed by atoms with Gasteiger partial charge in [0.05, 0.1) is 26.9 Å². The molecule has 7 heteroatoms. The molecule has 2 rings (SSSR count). The molecule has 0 fully saturated rings. The molecule has 1 N–H and O–H groups in total. The van der Waals surface area contributed by atoms with Crippen molar-refractivity contribution in [1.29, 1.82) is 0 Å². The van der Waals surface area contributed by atoms with E-state index in [0.29, 0.717) is 23.8 Å². The summed E-state index contributed by atoms with van der Waals surface area (Å²) < 4.78 is 21.1. The van der Waals surface area contributed by atoms with Crippen molar-refractivity contribution < 1.29 is 28.5 Å². The highest BCUT2D eigenvalue weighted by molar-refractivity contribution is 5.93. The van der Waals surface area contributed by atoms with Crippen LogP contribution in [0.15, 0.2) is 42.5 Å². The molecule has 1 amide bonds. The number of carbonyl (C=O) groups is 2. The van der Waals surface area contributed by atoms with E-state index in [2.05, 4.69) is 12.2 Å². The van der Waals surface area contributed by atoms with Crippen LogP contribution in [0, 0.1) is 0 Å². The Bertz CT molecular complexity index is 827. The van der Waals surface area contributed by atoms with Crippen LogP contribution in [0.2, 0.25) is 0 Å². The molecule has 162 valence electrons. The second-order valence-corrected chi connectivity index (χ2v) is 6.72. The molecule has 30 heavy (non-hydrogen) atoms. The van der Waals surface area contributed by atoms with Crippen molar-refractivity contribution in [3.63, 3.8) is 0 Å². The van der Waals surface area contributed by atoms with Crippen LogP contribution in [0.3, 0.4) is 0 Å². The van der Waals surface area contributed by atoms with Crippen LogP contribution in [-0.2, 0) is 9.53 Å². The first-order chi connectivity index (χ1) is 14.4. The number of hydrogen-bond donors (Lipinski definition) is 1. The van der Waals surface area contributed by atoms with E-state index in [9.17, 15) is 9.59 Å². The summed E-state index contributed by atoms with van der Waals surface area (Å²) in [6.07, 6.45) is -0.0750. The van der Waals surface area contributed by atoms with Crippen molar-refractivity contribution >= 4 is 11.9 Å². The molecule has 0 aromatic heterocycles. The summed E-state index contributed by atoms with van der Waals surface area (Å²) in [6.45, 7) is 4.07. The van der Waals surface area contributed by atoms with Crippen LogP contribution < -0.4 is 19.5 Å². The number of methoxy groups -OCH3 is 3. The second kappa shape index (κ2) is 11.1. The highest BCUT2D eigenvalue weighted by Gasteiger charge is 2.23. The SMILES string of the molecule is CC[C@H](CNC(=O)[C@H](C)OC(=O)c1cc(OC)c(OC)c(OC)c1)c1ccccc1. The van der Waals surface area contributed by atoms with Crippen LogP contribution in [-0.4, -0.2) is 45.9 Å². The van der Waals surface area contributed by atoms with E-state index in [0.717, 1.165) is 12.0 Å². The first-order valence-electron chi connectivity index (χ1n) is 9.78. The summed E-state index contributed by atoms with van der Waals surface area (Å²) in [5.74, 6) is 0.198. The lowest BCUT2D eigenvalue weighted by molar-refractivity contribution is -0.129. The molecule has 7 nitrogen and oxygen atoms in total. The zero-order chi connectivity index (χ0) is 22.1. The molecule has 2 aromatic carbocycles. The summed E-state index contributed by atoms with van der Waals surface area (Å²) >= 11 is 0. The Morgan fingerprint density at radius 3 is 2.07 bits per heavy atom. The Morgan fingerprint density at radius 1 is 0.967 bits per heavy atom. The fourth-order valence-corrected chi connectivity index (χ4v) is 3.07. The third-order valence-electron chi connectivity index (χ3n) is 4.84. The minimum absolute atomic E-state index is 0.188. The van der Waals surface area contributed by atoms with E-state index in [4.69, 9.17) is 18.9 Å². The average molecular weight is 415 g/mol. The zero-order valence-electron chi connectivity index (χ0n) is 18.1. The zero-order valence-corrected chi connectivity index (χ0v) is 18.1. The standard InChI is InChI=1S/C23H29NO6/c1-6-16(17-10-8-7-9-11-17)14-24-22(25)15(2)30-23(26)18-12-19(27-3)21(29-5)20(13-18)28-4/h7-13,15-16H,6,14H2,1-5H3,(H,24,25)/t15-,16+/m0/s1. The van der Waals surface area contributed by atoms with Gasteiger partial charge in [0.2, 0.25) is 5.75 Å². The normalized spacial score (nSPS) is 12.4. The maximum absolute atomic E-state index is 12.6. The van der Waals surface area contributed by atoms with Crippen molar-refractivity contribution in [2.45, 2.75) is 32.3 Å². The van der Waals surface area contributed by atoms with E-state index < -0.39 is 12.1 Å². The van der Waals surface area contributed by atoms with Crippen LogP contribution in [0.4, 0.5) is 0 Å². The second-order valence-electron chi connectivity index (χ2n) is 6.72. The molecule has 0 bridgehead atoms. The third-order valence-corrected chi connectivity index (χ3v) is 4.84. The maximum Gasteiger partial charge on any atom is 0.339 e. The molecule has 0 saturated heterocycles. The van der Waals surface area contributed by atoms with Gasteiger partial charge in [-0.3, -0.25) is 4.79 Å². The van der Waals surface area contributed by atoms with Gasteiger partial charge in [0, 0.05) is 12.5 Å². The molecular weight excluding hydrogens is 386 g/mol. The Labute approximate surface area is 177 Å². The highest BCUT2D eigenvalue weighted by atomic mass is 16.5. The van der Waals surface area contributed by atoms with Gasteiger partial charge in [0.1, 0.15) is 0 Å². The summed E-state index contributed by atoms with van der Waals surface area (Å²) in [7, 11) is 4.39. The molecule has 0 spiro atoms. The van der Waals surface area contributed by atoms with Gasteiger partial charge in [0.15, 0.2) is 17.6 Å². The van der Waals surface area contributed by atoms with Crippen molar-refractivity contribution in [3.8, 4) is 17.2 Å². The minimum atomic E-state index is -0.954. The topological polar surface area (TPSA) is 83.1 Å². The molecule has 2 atom stereocenters. The number of carbonyl (C=O) groups excluding carboxylic acids is 2. The van der Waals surface area contributed by atoms with Crippen LogP contribution >= 0.6 is 0 Å². The molecular formula is C23H29NO6. The molecule has 0 aliphatic rings. The Hall–Kier alpha value is -3.22. The lowest BCUT2D eigenvalue weighted by Gasteiger charge is -2.19. The van der Waals surface area contributed by atoms with E-state index in [1.807, 2.05) is 30.3 Å². The van der Waals surface area contributed by atoms with Gasteiger partial charge in [-0.1, -0.05) is 37.3 Å². The lowest BCUT2D eigenvalue weighted by atomic mass is 9.96. The van der Waals surface area contributed by atoms with Crippen LogP contribution in [0.25, 0.3) is 0 Å². The van der Waals surface area contributed by atoms with E-state index in [-0.39, 0.29) is 17.4 Å². The van der Waals surface area contributed by atoms with Gasteiger partial charge >= 0.3 is 5.97 Å². The Morgan fingerprint density at radius 2 is 1.57 bits per heavy atom. The van der Waals surface area contributed by atoms with Crippen LogP contribution in [0.1, 0.15) is 42.1 Å². The number of ether oxygens (including phenoxy) is 4. The number of hydrogen-bond acceptors (Lipinski definition) is 6. The first kappa shape index (κ1) is 23.1.